The maximum atomic E-state index is 12.9. The molecule has 1 aliphatic heterocycles. The van der Waals surface area contributed by atoms with Gasteiger partial charge in [-0.1, -0.05) is 0 Å². The summed E-state index contributed by atoms with van der Waals surface area (Å²) < 4.78 is 29.3. The van der Waals surface area contributed by atoms with Crippen molar-refractivity contribution >= 4 is 22.2 Å². The monoisotopic (exact) mass is 401 g/mol. The summed E-state index contributed by atoms with van der Waals surface area (Å²) in [6.07, 6.45) is 3.38. The minimum atomic E-state index is -1.34. The average Bonchev–Trinajstić information content (AvgIpc) is 3.31. The predicted molar refractivity (Wildman–Crippen MR) is 106 cm³/mol. The summed E-state index contributed by atoms with van der Waals surface area (Å²) in [5.74, 6) is 1.91. The number of fused-ring (bicyclic) bond motifs is 2. The van der Waals surface area contributed by atoms with Gasteiger partial charge in [0.05, 0.1) is 29.9 Å². The average molecular weight is 401 g/mol. The van der Waals surface area contributed by atoms with Gasteiger partial charge in [0, 0.05) is 55.6 Å². The van der Waals surface area contributed by atoms with Crippen LogP contribution in [-0.2, 0) is 28.1 Å². The van der Waals surface area contributed by atoms with Gasteiger partial charge in [0.2, 0.25) is 0 Å². The molecule has 3 heterocycles. The van der Waals surface area contributed by atoms with Gasteiger partial charge >= 0.3 is 5.16 Å². The summed E-state index contributed by atoms with van der Waals surface area (Å²) in [6.45, 7) is 3.86. The van der Waals surface area contributed by atoms with Crippen LogP contribution in [0.4, 0.5) is 0 Å². The molecule has 1 aliphatic rings. The van der Waals surface area contributed by atoms with Crippen molar-refractivity contribution in [2.45, 2.75) is 30.7 Å². The Labute approximate surface area is 166 Å². The normalized spacial score (nSPS) is 14.1. The number of pyridine rings is 1. The van der Waals surface area contributed by atoms with Crippen LogP contribution >= 0.6 is 0 Å². The van der Waals surface area contributed by atoms with Crippen molar-refractivity contribution in [3.63, 3.8) is 0 Å². The zero-order chi connectivity index (χ0) is 19.5. The number of nitrogens with zero attached hydrogens (tertiary/aromatic N) is 2. The van der Waals surface area contributed by atoms with E-state index in [2.05, 4.69) is 15.0 Å². The second-order valence-electron chi connectivity index (χ2n) is 6.68. The molecule has 1 aromatic carbocycles. The van der Waals surface area contributed by atoms with E-state index < -0.39 is 11.2 Å². The SMILES string of the molecule is COCCCOc1ccnc(C[S@@+]([O-])c2nc3cc4c(cc3[nH]2)OCC4)c1C. The van der Waals surface area contributed by atoms with Crippen molar-refractivity contribution in [2.24, 2.45) is 0 Å². The van der Waals surface area contributed by atoms with E-state index in [1.807, 2.05) is 25.1 Å². The van der Waals surface area contributed by atoms with Gasteiger partial charge in [-0.15, -0.1) is 0 Å². The molecule has 0 fully saturated rings. The van der Waals surface area contributed by atoms with Crippen LogP contribution in [0.1, 0.15) is 23.2 Å². The quantitative estimate of drug-likeness (QED) is 0.461. The number of rotatable bonds is 8. The number of H-pyrrole nitrogens is 1. The molecule has 1 N–H and O–H groups in total. The van der Waals surface area contributed by atoms with Gasteiger partial charge in [0.25, 0.3) is 0 Å². The Hall–Kier alpha value is -2.29. The summed E-state index contributed by atoms with van der Waals surface area (Å²) >= 11 is -1.34. The molecule has 7 nitrogen and oxygen atoms in total. The molecule has 28 heavy (non-hydrogen) atoms. The third-order valence-corrected chi connectivity index (χ3v) is 5.92. The maximum Gasteiger partial charge on any atom is 0.322 e. The zero-order valence-electron chi connectivity index (χ0n) is 16.0. The molecular formula is C20H23N3O4S. The van der Waals surface area contributed by atoms with Crippen molar-refractivity contribution in [1.82, 2.24) is 15.0 Å². The van der Waals surface area contributed by atoms with Gasteiger partial charge in [-0.25, -0.2) is 0 Å². The number of imidazole rings is 1. The first-order valence-electron chi connectivity index (χ1n) is 9.25. The topological polar surface area (TPSA) is 92.3 Å². The largest absolute Gasteiger partial charge is 0.609 e. The number of aromatic nitrogens is 3. The van der Waals surface area contributed by atoms with E-state index in [0.717, 1.165) is 52.2 Å². The van der Waals surface area contributed by atoms with Crippen molar-refractivity contribution in [3.8, 4) is 11.5 Å². The molecule has 3 aromatic rings. The first-order valence-corrected chi connectivity index (χ1v) is 10.6. The summed E-state index contributed by atoms with van der Waals surface area (Å²) in [5, 5.41) is 0.450. The number of benzene rings is 1. The molecule has 0 saturated carbocycles. The smallest absolute Gasteiger partial charge is 0.322 e. The number of ether oxygens (including phenoxy) is 3. The van der Waals surface area contributed by atoms with Crippen LogP contribution in [0.3, 0.4) is 0 Å². The molecule has 0 spiro atoms. The summed E-state index contributed by atoms with van der Waals surface area (Å²) in [5.41, 5.74) is 4.44. The van der Waals surface area contributed by atoms with Crippen molar-refractivity contribution in [2.75, 3.05) is 26.9 Å². The van der Waals surface area contributed by atoms with Crippen LogP contribution in [0.25, 0.3) is 11.0 Å². The molecule has 1 atom stereocenters. The second-order valence-corrected chi connectivity index (χ2v) is 8.05. The Morgan fingerprint density at radius 3 is 3.07 bits per heavy atom. The number of methoxy groups -OCH3 is 1. The Kier molecular flexibility index (Phi) is 5.70. The Balaban J connectivity index is 1.49. The van der Waals surface area contributed by atoms with Crippen molar-refractivity contribution in [1.29, 1.82) is 0 Å². The second kappa shape index (κ2) is 8.38. The molecule has 8 heteroatoms. The highest BCUT2D eigenvalue weighted by Gasteiger charge is 2.22. The Morgan fingerprint density at radius 2 is 2.21 bits per heavy atom. The lowest BCUT2D eigenvalue weighted by atomic mass is 10.1. The fraction of sp³-hybridized carbons (Fsp3) is 0.400. The minimum absolute atomic E-state index is 0.275. The van der Waals surface area contributed by atoms with E-state index in [0.29, 0.717) is 25.0 Å². The van der Waals surface area contributed by atoms with Crippen LogP contribution in [-0.4, -0.2) is 46.4 Å². The minimum Gasteiger partial charge on any atom is -0.609 e. The standard InChI is InChI=1S/C20H23N3O4S/c1-13-17(21-6-4-18(13)26-8-3-7-25-2)12-28(24)20-22-15-10-14-5-9-27-19(14)11-16(15)23-20/h4,6,10-11H,3,5,7-9,12H2,1-2H3,(H,22,23)/t28-/m1/s1. The number of nitrogens with one attached hydrogen (secondary N) is 1. The third kappa shape index (κ3) is 3.94. The van der Waals surface area contributed by atoms with E-state index in [1.54, 1.807) is 13.3 Å². The van der Waals surface area contributed by atoms with E-state index in [4.69, 9.17) is 14.2 Å². The Bertz CT molecular complexity index is 934. The van der Waals surface area contributed by atoms with Gasteiger partial charge in [0.1, 0.15) is 11.5 Å². The lowest BCUT2D eigenvalue weighted by molar-refractivity contribution is 0.172. The molecule has 0 radical (unpaired) electrons. The fourth-order valence-electron chi connectivity index (χ4n) is 3.20. The molecular weight excluding hydrogens is 378 g/mol. The zero-order valence-corrected chi connectivity index (χ0v) is 16.8. The highest BCUT2D eigenvalue weighted by Crippen LogP contribution is 2.30. The lowest BCUT2D eigenvalue weighted by Gasteiger charge is -2.12. The molecule has 0 bridgehead atoms. The van der Waals surface area contributed by atoms with Crippen LogP contribution < -0.4 is 9.47 Å². The number of aromatic amines is 1. The first-order chi connectivity index (χ1) is 13.7. The van der Waals surface area contributed by atoms with E-state index >= 15 is 0 Å². The van der Waals surface area contributed by atoms with Crippen molar-refractivity contribution in [3.05, 3.63) is 41.2 Å². The predicted octanol–water partition coefficient (Wildman–Crippen LogP) is 2.92. The molecule has 0 aliphatic carbocycles. The molecule has 148 valence electrons. The lowest BCUT2D eigenvalue weighted by Crippen LogP contribution is -2.10. The van der Waals surface area contributed by atoms with Gasteiger partial charge in [-0.2, -0.15) is 4.98 Å². The molecule has 0 saturated heterocycles. The molecule has 2 aromatic heterocycles. The van der Waals surface area contributed by atoms with E-state index in [1.165, 1.54) is 0 Å². The van der Waals surface area contributed by atoms with E-state index in [-0.39, 0.29) is 5.75 Å². The van der Waals surface area contributed by atoms with E-state index in [9.17, 15) is 4.55 Å². The fourth-order valence-corrected chi connectivity index (χ4v) is 4.30. The molecule has 0 unspecified atom stereocenters. The summed E-state index contributed by atoms with van der Waals surface area (Å²) in [7, 11) is 1.67. The van der Waals surface area contributed by atoms with Crippen LogP contribution in [0, 0.1) is 6.92 Å². The van der Waals surface area contributed by atoms with Gasteiger partial charge in [-0.05, 0) is 24.6 Å². The third-order valence-electron chi connectivity index (χ3n) is 4.76. The van der Waals surface area contributed by atoms with Gasteiger partial charge < -0.3 is 18.8 Å². The first kappa shape index (κ1) is 19.0. The summed E-state index contributed by atoms with van der Waals surface area (Å²) in [6, 6.07) is 5.77. The highest BCUT2D eigenvalue weighted by molar-refractivity contribution is 7.90. The van der Waals surface area contributed by atoms with Crippen LogP contribution in [0.2, 0.25) is 0 Å². The van der Waals surface area contributed by atoms with Gasteiger partial charge in [-0.3, -0.25) is 9.97 Å². The molecule has 4 rings (SSSR count). The Morgan fingerprint density at radius 1 is 1.32 bits per heavy atom. The number of hydrogen-bond acceptors (Lipinski definition) is 6. The van der Waals surface area contributed by atoms with Crippen LogP contribution in [0.15, 0.2) is 29.6 Å². The number of hydrogen-bond donors (Lipinski definition) is 1. The molecule has 0 amide bonds. The van der Waals surface area contributed by atoms with Crippen LogP contribution in [0.5, 0.6) is 11.5 Å². The highest BCUT2D eigenvalue weighted by atomic mass is 32.2. The van der Waals surface area contributed by atoms with Crippen molar-refractivity contribution < 1.29 is 18.8 Å². The maximum absolute atomic E-state index is 12.9. The summed E-state index contributed by atoms with van der Waals surface area (Å²) in [4.78, 5) is 12.1. The van der Waals surface area contributed by atoms with Gasteiger partial charge in [0.15, 0.2) is 5.75 Å².